The second kappa shape index (κ2) is 22.9. The quantitative estimate of drug-likeness (QED) is 0.125. The molecular formula is C67H75N18Y+. The first-order valence-electron chi connectivity index (χ1n) is 33.7. The van der Waals surface area contributed by atoms with Crippen molar-refractivity contribution in [3.8, 4) is 45.4 Å². The molecule has 18 nitrogen and oxygen atoms in total. The van der Waals surface area contributed by atoms with Crippen LogP contribution >= 0.6 is 0 Å². The van der Waals surface area contributed by atoms with Crippen LogP contribution in [0.1, 0.15) is 63.2 Å². The maximum atomic E-state index is 8.00. The zero-order valence-corrected chi connectivity index (χ0v) is 53.3. The van der Waals surface area contributed by atoms with E-state index in [4.69, 9.17) is 21.4 Å². The van der Waals surface area contributed by atoms with E-state index < -0.39 is 33.7 Å². The Morgan fingerprint density at radius 3 is 1.76 bits per heavy atom. The van der Waals surface area contributed by atoms with Crippen LogP contribution in [-0.4, -0.2) is 73.5 Å². The molecule has 3 aromatic carbocycles. The van der Waals surface area contributed by atoms with Crippen LogP contribution in [0.3, 0.4) is 0 Å². The molecule has 1 radical (unpaired) electrons. The summed E-state index contributed by atoms with van der Waals surface area (Å²) in [4.78, 5) is 21.2. The van der Waals surface area contributed by atoms with Gasteiger partial charge in [0.15, 0.2) is 17.6 Å². The van der Waals surface area contributed by atoms with Gasteiger partial charge in [0.25, 0.3) is 0 Å². The molecule has 0 aliphatic carbocycles. The Hall–Kier alpha value is -8.87. The van der Waals surface area contributed by atoms with Crippen LogP contribution < -0.4 is 23.5 Å². The fourth-order valence-electron chi connectivity index (χ4n) is 11.6. The molecule has 11 aromatic heterocycles. The average Bonchev–Trinajstić information content (AvgIpc) is 1.56. The molecule has 0 spiro atoms. The summed E-state index contributed by atoms with van der Waals surface area (Å²) in [5.41, 5.74) is 13.8. The Morgan fingerprint density at radius 1 is 0.535 bits per heavy atom. The Labute approximate surface area is 544 Å². The SMILES string of the molecule is Cn1c(-c2cccc[n+]2C)cn2c3ccccc3nc12.[2H]C([2H])([2H])c1nc2n(C)c(-c3cc(-c4[c-]cccc4)[c-]c[n+]3C)cn2c1C.[2H]C([2H])([2H])c1nc2n(C)c(-c3n(C)cc[n+]3C)cn2c1C.[2H]C([2H])([2H])c1nc2n(C)c(N3c4ccccc4N(C([2H])([2H])[2H])[C@@H]3C)c(C)n2c1C.[Y]. The van der Waals surface area contributed by atoms with Crippen LogP contribution in [0.15, 0.2) is 140 Å². The first-order valence-corrected chi connectivity index (χ1v) is 27.7. The molecule has 0 bridgehead atoms. The van der Waals surface area contributed by atoms with E-state index in [9.17, 15) is 0 Å². The number of fused-ring (bicyclic) bond motifs is 7. The standard InChI is InChI=1S/C20H19N4.C18H23N5.C16H15N4.C13H18N5.Y/c1-14-15(2)24-13-19(23(4)20(24)21-14)18-12-17(10-11-22(18)3)16-8-6-5-7-9-16;1-11-12(2)22-13(3)17(21(6)18(22)19-11)23-14(4)20(5)15-9-7-8-10-16(15)23;1-18-10-6-5-9-14(18)15-11-20-13-8-4-3-7-12(13)17-16(20)19(15)2;1-9-10(2)18-8-11(17(5)13(18)14-9)12-15(3)6-7-16(12)4;/h5-8,11-13H,1-4H3;7-10,14H,1-6H3;3-11H,1-2H3;6-8H,1-5H3;/q-1;;2*+1;/t;14-;;;/m.0.../s1/i1D3;1D3,5D3;;1D3;. The number of hydrogen-bond donors (Lipinski definition) is 0. The van der Waals surface area contributed by atoms with Gasteiger partial charge in [-0.15, -0.1) is 12.1 Å². The molecule has 86 heavy (non-hydrogen) atoms. The fraction of sp³-hybridized carbons (Fsp3) is 0.269. The second-order valence-corrected chi connectivity index (χ2v) is 21.6. The van der Waals surface area contributed by atoms with Crippen molar-refractivity contribution in [2.24, 2.45) is 56.4 Å². The molecule has 19 heteroatoms. The van der Waals surface area contributed by atoms with Crippen LogP contribution in [0.4, 0.5) is 17.2 Å². The van der Waals surface area contributed by atoms with E-state index >= 15 is 0 Å². The van der Waals surface area contributed by atoms with Crippen LogP contribution in [0.5, 0.6) is 0 Å². The van der Waals surface area contributed by atoms with Gasteiger partial charge in [-0.2, -0.15) is 22.8 Å². The van der Waals surface area contributed by atoms with E-state index in [1.165, 1.54) is 10.6 Å². The van der Waals surface area contributed by atoms with Crippen LogP contribution in [0.25, 0.3) is 79.6 Å². The maximum absolute atomic E-state index is 8.00. The summed E-state index contributed by atoms with van der Waals surface area (Å²) in [5, 5.41) is 0. The summed E-state index contributed by atoms with van der Waals surface area (Å²) < 4.78 is 116. The molecule has 0 saturated heterocycles. The summed E-state index contributed by atoms with van der Waals surface area (Å²) in [5.74, 6) is 4.52. The number of imidazole rings is 9. The monoisotopic (exact) mass is 1230 g/mol. The van der Waals surface area contributed by atoms with E-state index in [2.05, 4.69) is 91.4 Å². The first kappa shape index (κ1) is 45.5. The van der Waals surface area contributed by atoms with Crippen molar-refractivity contribution in [1.82, 2.24) is 60.4 Å². The molecule has 1 atom stereocenters. The van der Waals surface area contributed by atoms with Crippen molar-refractivity contribution in [2.75, 3.05) is 16.8 Å². The minimum Gasteiger partial charge on any atom is -0.352 e. The molecule has 0 saturated carbocycles. The third kappa shape index (κ3) is 9.72. The van der Waals surface area contributed by atoms with Crippen molar-refractivity contribution in [3.05, 3.63) is 192 Å². The Kier molecular flexibility index (Phi) is 12.1. The third-order valence-electron chi connectivity index (χ3n) is 16.4. The second-order valence-electron chi connectivity index (χ2n) is 21.6. The summed E-state index contributed by atoms with van der Waals surface area (Å²) in [6, 6.07) is 38.2. The Bertz CT molecular complexity index is 5310. The molecule has 435 valence electrons. The largest absolute Gasteiger partial charge is 0.352 e. The van der Waals surface area contributed by atoms with Gasteiger partial charge in [0.1, 0.15) is 56.1 Å². The van der Waals surface area contributed by atoms with Crippen LogP contribution in [0.2, 0.25) is 0 Å². The number of aryl methyl sites for hydroxylation is 15. The van der Waals surface area contributed by atoms with Gasteiger partial charge in [0.05, 0.1) is 59.3 Å². The van der Waals surface area contributed by atoms with Gasteiger partial charge in [0.2, 0.25) is 28.8 Å². The van der Waals surface area contributed by atoms with Gasteiger partial charge in [-0.1, -0.05) is 24.3 Å². The van der Waals surface area contributed by atoms with E-state index in [1.807, 2.05) is 199 Å². The summed E-state index contributed by atoms with van der Waals surface area (Å²) >= 11 is 0. The topological polar surface area (TPSA) is 112 Å². The number of anilines is 3. The summed E-state index contributed by atoms with van der Waals surface area (Å²) in [6.07, 6.45) is 13.5. The number of hydrogen-bond acceptors (Lipinski definition) is 6. The molecule has 0 amide bonds. The fourth-order valence-corrected chi connectivity index (χ4v) is 11.6. The Morgan fingerprint density at radius 2 is 1.13 bits per heavy atom. The zero-order valence-electron chi connectivity index (χ0n) is 62.5. The smallest absolute Gasteiger partial charge is 0.306 e. The van der Waals surface area contributed by atoms with Crippen LogP contribution in [-0.2, 0) is 89.1 Å². The normalized spacial score (nSPS) is 15.6. The molecule has 1 aliphatic rings. The van der Waals surface area contributed by atoms with Crippen molar-refractivity contribution in [1.29, 1.82) is 0 Å². The van der Waals surface area contributed by atoms with Gasteiger partial charge in [0, 0.05) is 132 Å². The van der Waals surface area contributed by atoms with Crippen molar-refractivity contribution in [2.45, 2.75) is 61.3 Å². The molecule has 1 aliphatic heterocycles. The minimum absolute atomic E-state index is 0. The number of nitrogens with zero attached hydrogens (tertiary/aromatic N) is 18. The summed E-state index contributed by atoms with van der Waals surface area (Å²) in [6.45, 7) is 0.0581. The van der Waals surface area contributed by atoms with Gasteiger partial charge in [-0.05, 0) is 85.5 Å². The molecule has 14 aromatic rings. The predicted octanol–water partition coefficient (Wildman–Crippen LogP) is 10.0. The molecular weight excluding hydrogens is 1150 g/mol. The molecule has 0 unspecified atom stereocenters. The van der Waals surface area contributed by atoms with Gasteiger partial charge < -0.3 is 23.5 Å². The van der Waals surface area contributed by atoms with Gasteiger partial charge >= 0.3 is 5.82 Å². The van der Waals surface area contributed by atoms with E-state index in [0.29, 0.717) is 40.1 Å². The third-order valence-corrected chi connectivity index (χ3v) is 16.4. The number of para-hydroxylation sites is 4. The first-order chi connectivity index (χ1) is 45.6. The molecule has 0 N–H and O–H groups in total. The van der Waals surface area contributed by atoms with Gasteiger partial charge in [-0.25, -0.2) is 45.8 Å². The summed E-state index contributed by atoms with van der Waals surface area (Å²) in [7, 11) is 15.6. The molecule has 12 heterocycles. The number of aromatic nitrogens is 16. The Balaban J connectivity index is 0.000000133. The molecule has 15 rings (SSSR count). The minimum atomic E-state index is -2.30. The van der Waals surface area contributed by atoms with E-state index in [0.717, 1.165) is 73.7 Å². The van der Waals surface area contributed by atoms with Crippen molar-refractivity contribution < 1.29 is 62.9 Å². The van der Waals surface area contributed by atoms with E-state index in [1.54, 1.807) is 26.8 Å². The van der Waals surface area contributed by atoms with Crippen LogP contribution in [0, 0.1) is 60.4 Å². The zero-order chi connectivity index (χ0) is 70.0. The average molecular weight is 1230 g/mol. The predicted molar refractivity (Wildman–Crippen MR) is 336 cm³/mol. The van der Waals surface area contributed by atoms with E-state index in [-0.39, 0.29) is 49.8 Å². The molecule has 0 fully saturated rings. The maximum Gasteiger partial charge on any atom is 0.306 e. The van der Waals surface area contributed by atoms with Crippen molar-refractivity contribution in [3.63, 3.8) is 0 Å². The number of pyridine rings is 2. The van der Waals surface area contributed by atoms with Crippen molar-refractivity contribution >= 4 is 51.3 Å². The van der Waals surface area contributed by atoms with Gasteiger partial charge in [-0.3, -0.25) is 33.3 Å². The number of benzene rings is 3. The number of rotatable bonds is 5.